The summed E-state index contributed by atoms with van der Waals surface area (Å²) in [7, 11) is 1.62. The number of ether oxygens (including phenoxy) is 2. The number of pyridine rings is 1. The summed E-state index contributed by atoms with van der Waals surface area (Å²) in [6.45, 7) is 4.56. The van der Waals surface area contributed by atoms with Crippen molar-refractivity contribution in [3.8, 4) is 5.75 Å². The van der Waals surface area contributed by atoms with Crippen molar-refractivity contribution in [2.75, 3.05) is 19.0 Å². The number of anilines is 2. The maximum absolute atomic E-state index is 12.7. The molecule has 0 spiro atoms. The maximum Gasteiger partial charge on any atom is 0.343 e. The third kappa shape index (κ3) is 3.43. The lowest BCUT2D eigenvalue weighted by molar-refractivity contribution is 0.0524. The molecule has 2 aromatic heterocycles. The standard InChI is InChI=1S/C19H20N2O4S/c1-4-21-11-15(19(23)25-5-2)17(22)14-10-16(26-18(14)21)20-12-6-8-13(24-3)9-7-12/h6-11,20H,4-5H2,1-3H3. The minimum atomic E-state index is -0.586. The predicted octanol–water partition coefficient (Wildman–Crippen LogP) is 4.01. The van der Waals surface area contributed by atoms with Crippen LogP contribution in [0.5, 0.6) is 5.75 Å². The Balaban J connectivity index is 2.02. The van der Waals surface area contributed by atoms with E-state index in [1.165, 1.54) is 11.3 Å². The largest absolute Gasteiger partial charge is 0.497 e. The predicted molar refractivity (Wildman–Crippen MR) is 104 cm³/mol. The van der Waals surface area contributed by atoms with Gasteiger partial charge in [0.2, 0.25) is 5.43 Å². The number of benzene rings is 1. The van der Waals surface area contributed by atoms with Crippen LogP contribution in [0.4, 0.5) is 10.7 Å². The van der Waals surface area contributed by atoms with Gasteiger partial charge in [-0.2, -0.15) is 0 Å². The lowest BCUT2D eigenvalue weighted by Gasteiger charge is -2.07. The fourth-order valence-electron chi connectivity index (χ4n) is 2.64. The van der Waals surface area contributed by atoms with Gasteiger partial charge in [-0.15, -0.1) is 0 Å². The van der Waals surface area contributed by atoms with Gasteiger partial charge in [0.25, 0.3) is 0 Å². The van der Waals surface area contributed by atoms with Crippen molar-refractivity contribution in [2.24, 2.45) is 0 Å². The van der Waals surface area contributed by atoms with E-state index in [4.69, 9.17) is 9.47 Å². The van der Waals surface area contributed by atoms with Crippen LogP contribution < -0.4 is 15.5 Å². The van der Waals surface area contributed by atoms with E-state index in [-0.39, 0.29) is 17.6 Å². The summed E-state index contributed by atoms with van der Waals surface area (Å²) in [6.07, 6.45) is 1.58. The number of hydrogen-bond acceptors (Lipinski definition) is 6. The third-order valence-corrected chi connectivity index (χ3v) is 5.03. The van der Waals surface area contributed by atoms with Crippen LogP contribution >= 0.6 is 11.3 Å². The molecule has 7 heteroatoms. The number of carbonyl (C=O) groups excluding carboxylic acids is 1. The molecule has 0 bridgehead atoms. The first-order valence-corrected chi connectivity index (χ1v) is 9.14. The summed E-state index contributed by atoms with van der Waals surface area (Å²) in [5, 5.41) is 4.63. The zero-order chi connectivity index (χ0) is 18.7. The highest BCUT2D eigenvalue weighted by molar-refractivity contribution is 7.22. The fourth-order valence-corrected chi connectivity index (χ4v) is 3.76. The molecule has 2 heterocycles. The van der Waals surface area contributed by atoms with Crippen molar-refractivity contribution in [1.82, 2.24) is 4.57 Å². The van der Waals surface area contributed by atoms with Crippen molar-refractivity contribution < 1.29 is 14.3 Å². The van der Waals surface area contributed by atoms with Crippen LogP contribution in [-0.4, -0.2) is 24.3 Å². The molecule has 0 fully saturated rings. The van der Waals surface area contributed by atoms with Gasteiger partial charge in [-0.05, 0) is 44.2 Å². The van der Waals surface area contributed by atoms with Crippen LogP contribution in [0.3, 0.4) is 0 Å². The fraction of sp³-hybridized carbons (Fsp3) is 0.263. The molecule has 0 saturated carbocycles. The van der Waals surface area contributed by atoms with Crippen molar-refractivity contribution in [1.29, 1.82) is 0 Å². The summed E-state index contributed by atoms with van der Waals surface area (Å²) >= 11 is 1.47. The molecule has 1 N–H and O–H groups in total. The first kappa shape index (κ1) is 18.0. The number of nitrogens with zero attached hydrogens (tertiary/aromatic N) is 1. The molecule has 0 saturated heterocycles. The molecule has 0 aliphatic carbocycles. The molecule has 0 radical (unpaired) electrons. The Morgan fingerprint density at radius 3 is 2.58 bits per heavy atom. The summed E-state index contributed by atoms with van der Waals surface area (Å²) in [6, 6.07) is 9.31. The number of nitrogens with one attached hydrogen (secondary N) is 1. The Labute approximate surface area is 155 Å². The molecule has 1 aromatic carbocycles. The van der Waals surface area contributed by atoms with E-state index >= 15 is 0 Å². The highest BCUT2D eigenvalue weighted by Crippen LogP contribution is 2.31. The summed E-state index contributed by atoms with van der Waals surface area (Å²) in [5.74, 6) is 0.189. The third-order valence-electron chi connectivity index (χ3n) is 3.94. The Bertz CT molecular complexity index is 989. The zero-order valence-corrected chi connectivity index (χ0v) is 15.7. The van der Waals surface area contributed by atoms with Crippen LogP contribution in [0.25, 0.3) is 10.2 Å². The van der Waals surface area contributed by atoms with Gasteiger partial charge < -0.3 is 19.4 Å². The molecule has 136 valence electrons. The van der Waals surface area contributed by atoms with Crippen molar-refractivity contribution in [3.05, 3.63) is 52.3 Å². The lowest BCUT2D eigenvalue weighted by Crippen LogP contribution is -2.19. The zero-order valence-electron chi connectivity index (χ0n) is 14.9. The van der Waals surface area contributed by atoms with Gasteiger partial charge in [-0.1, -0.05) is 11.3 Å². The highest BCUT2D eigenvalue weighted by atomic mass is 32.1. The van der Waals surface area contributed by atoms with Crippen molar-refractivity contribution in [2.45, 2.75) is 20.4 Å². The van der Waals surface area contributed by atoms with Crippen LogP contribution in [0, 0.1) is 0 Å². The average molecular weight is 372 g/mol. The summed E-state index contributed by atoms with van der Waals surface area (Å²) in [4.78, 5) is 25.6. The highest BCUT2D eigenvalue weighted by Gasteiger charge is 2.18. The first-order valence-electron chi connectivity index (χ1n) is 8.32. The van der Waals surface area contributed by atoms with Gasteiger partial charge in [-0.3, -0.25) is 4.79 Å². The van der Waals surface area contributed by atoms with Gasteiger partial charge in [0.1, 0.15) is 16.1 Å². The molecular formula is C19H20N2O4S. The normalized spacial score (nSPS) is 10.7. The maximum atomic E-state index is 12.7. The number of esters is 1. The number of thiophene rings is 1. The molecule has 3 aromatic rings. The van der Waals surface area contributed by atoms with Gasteiger partial charge in [0, 0.05) is 18.4 Å². The number of rotatable bonds is 6. The summed E-state index contributed by atoms with van der Waals surface area (Å²) in [5.41, 5.74) is 0.649. The first-order chi connectivity index (χ1) is 12.6. The van der Waals surface area contributed by atoms with Crippen molar-refractivity contribution in [3.63, 3.8) is 0 Å². The minimum absolute atomic E-state index is 0.0648. The van der Waals surface area contributed by atoms with Crippen molar-refractivity contribution >= 4 is 38.2 Å². The molecule has 0 aliphatic rings. The average Bonchev–Trinajstić information content (AvgIpc) is 3.07. The lowest BCUT2D eigenvalue weighted by atomic mass is 10.2. The topological polar surface area (TPSA) is 69.6 Å². The van der Waals surface area contributed by atoms with E-state index in [0.29, 0.717) is 11.9 Å². The second-order valence-electron chi connectivity index (χ2n) is 5.56. The van der Waals surface area contributed by atoms with E-state index in [1.807, 2.05) is 35.8 Å². The molecular weight excluding hydrogens is 352 g/mol. The SMILES string of the molecule is CCOC(=O)c1cn(CC)c2sc(Nc3ccc(OC)cc3)cc2c1=O. The van der Waals surface area contributed by atoms with E-state index in [2.05, 4.69) is 5.32 Å². The van der Waals surface area contributed by atoms with E-state index in [1.54, 1.807) is 26.3 Å². The van der Waals surface area contributed by atoms with Gasteiger partial charge in [0.05, 0.1) is 24.1 Å². The Hall–Kier alpha value is -2.80. The molecule has 0 atom stereocenters. The number of aromatic nitrogens is 1. The van der Waals surface area contributed by atoms with Gasteiger partial charge in [-0.25, -0.2) is 4.79 Å². The molecule has 0 unspecified atom stereocenters. The van der Waals surface area contributed by atoms with Crippen LogP contribution in [0.15, 0.2) is 41.3 Å². The number of carbonyl (C=O) groups is 1. The van der Waals surface area contributed by atoms with E-state index in [9.17, 15) is 9.59 Å². The molecule has 3 rings (SSSR count). The molecule has 0 amide bonds. The molecule has 0 aliphatic heterocycles. The number of fused-ring (bicyclic) bond motifs is 1. The summed E-state index contributed by atoms with van der Waals surface area (Å²) < 4.78 is 12.1. The molecule has 26 heavy (non-hydrogen) atoms. The number of hydrogen-bond donors (Lipinski definition) is 1. The second kappa shape index (κ2) is 7.61. The number of methoxy groups -OCH3 is 1. The monoisotopic (exact) mass is 372 g/mol. The smallest absolute Gasteiger partial charge is 0.343 e. The molecule has 6 nitrogen and oxygen atoms in total. The van der Waals surface area contributed by atoms with Crippen LogP contribution in [0.1, 0.15) is 24.2 Å². The Kier molecular flexibility index (Phi) is 5.27. The quantitative estimate of drug-likeness (QED) is 0.662. The van der Waals surface area contributed by atoms with Crippen LogP contribution in [0.2, 0.25) is 0 Å². The minimum Gasteiger partial charge on any atom is -0.497 e. The van der Waals surface area contributed by atoms with Crippen LogP contribution in [-0.2, 0) is 11.3 Å². The Morgan fingerprint density at radius 1 is 1.23 bits per heavy atom. The Morgan fingerprint density at radius 2 is 1.96 bits per heavy atom. The van der Waals surface area contributed by atoms with E-state index in [0.717, 1.165) is 21.3 Å². The van der Waals surface area contributed by atoms with E-state index < -0.39 is 5.97 Å². The van der Waals surface area contributed by atoms with Gasteiger partial charge in [0.15, 0.2) is 0 Å². The van der Waals surface area contributed by atoms with Gasteiger partial charge >= 0.3 is 5.97 Å². The number of aryl methyl sites for hydroxylation is 1. The second-order valence-corrected chi connectivity index (χ2v) is 6.59.